The van der Waals surface area contributed by atoms with Crippen LogP contribution in [0.1, 0.15) is 34.1 Å². The average molecular weight is 183 g/mol. The molecule has 0 aliphatic rings. The summed E-state index contributed by atoms with van der Waals surface area (Å²) in [6.07, 6.45) is 0.503. The second kappa shape index (κ2) is 6.34. The summed E-state index contributed by atoms with van der Waals surface area (Å²) in [5.41, 5.74) is 1.71. The van der Waals surface area contributed by atoms with Gasteiger partial charge in [0.2, 0.25) is 5.91 Å². The van der Waals surface area contributed by atoms with Gasteiger partial charge in [-0.05, 0) is 20.8 Å². The SMILES string of the molecule is CCC(=O)NC/C(C)=N/N=C(C)C. The van der Waals surface area contributed by atoms with Gasteiger partial charge in [0.05, 0.1) is 12.3 Å². The van der Waals surface area contributed by atoms with Crippen molar-refractivity contribution in [3.8, 4) is 0 Å². The van der Waals surface area contributed by atoms with Crippen molar-refractivity contribution >= 4 is 17.3 Å². The quantitative estimate of drug-likeness (QED) is 0.519. The molecule has 13 heavy (non-hydrogen) atoms. The van der Waals surface area contributed by atoms with Crippen molar-refractivity contribution in [2.45, 2.75) is 34.1 Å². The van der Waals surface area contributed by atoms with E-state index in [1.54, 1.807) is 0 Å². The van der Waals surface area contributed by atoms with Crippen LogP contribution in [0.2, 0.25) is 0 Å². The van der Waals surface area contributed by atoms with Crippen LogP contribution in [0.5, 0.6) is 0 Å². The lowest BCUT2D eigenvalue weighted by molar-refractivity contribution is -0.120. The van der Waals surface area contributed by atoms with Crippen molar-refractivity contribution in [1.82, 2.24) is 5.32 Å². The Labute approximate surface area is 79.1 Å². The van der Waals surface area contributed by atoms with Gasteiger partial charge in [-0.2, -0.15) is 10.2 Å². The smallest absolute Gasteiger partial charge is 0.220 e. The number of hydrogen-bond acceptors (Lipinski definition) is 3. The first kappa shape index (κ1) is 11.8. The Morgan fingerprint density at radius 1 is 1.23 bits per heavy atom. The van der Waals surface area contributed by atoms with E-state index in [1.807, 2.05) is 27.7 Å². The molecular formula is C9H17N3O. The molecule has 0 heterocycles. The summed E-state index contributed by atoms with van der Waals surface area (Å²) >= 11 is 0. The Bertz CT molecular complexity index is 227. The second-order valence-corrected chi connectivity index (χ2v) is 3.01. The molecule has 0 fully saturated rings. The van der Waals surface area contributed by atoms with Crippen molar-refractivity contribution < 1.29 is 4.79 Å². The minimum atomic E-state index is 0.0340. The molecule has 1 amide bonds. The van der Waals surface area contributed by atoms with E-state index in [0.717, 1.165) is 11.4 Å². The Hall–Kier alpha value is -1.19. The van der Waals surface area contributed by atoms with Gasteiger partial charge >= 0.3 is 0 Å². The Morgan fingerprint density at radius 3 is 2.31 bits per heavy atom. The van der Waals surface area contributed by atoms with E-state index in [4.69, 9.17) is 0 Å². The molecule has 4 nitrogen and oxygen atoms in total. The van der Waals surface area contributed by atoms with Gasteiger partial charge in [-0.3, -0.25) is 4.79 Å². The molecule has 0 bridgehead atoms. The van der Waals surface area contributed by atoms with Crippen LogP contribution in [-0.4, -0.2) is 23.9 Å². The Morgan fingerprint density at radius 2 is 1.85 bits per heavy atom. The maximum absolute atomic E-state index is 10.9. The number of carbonyl (C=O) groups excluding carboxylic acids is 1. The van der Waals surface area contributed by atoms with E-state index < -0.39 is 0 Å². The van der Waals surface area contributed by atoms with Crippen molar-refractivity contribution in [3.63, 3.8) is 0 Å². The summed E-state index contributed by atoms with van der Waals surface area (Å²) in [5, 5.41) is 10.5. The highest BCUT2D eigenvalue weighted by Crippen LogP contribution is 1.82. The molecule has 74 valence electrons. The first-order chi connectivity index (χ1) is 6.06. The lowest BCUT2D eigenvalue weighted by Crippen LogP contribution is -2.27. The number of nitrogens with one attached hydrogen (secondary N) is 1. The van der Waals surface area contributed by atoms with E-state index in [1.165, 1.54) is 0 Å². The molecule has 0 saturated carbocycles. The first-order valence-corrected chi connectivity index (χ1v) is 4.37. The summed E-state index contributed by atoms with van der Waals surface area (Å²) in [5.74, 6) is 0.0340. The monoisotopic (exact) mass is 183 g/mol. The molecule has 0 saturated heterocycles. The molecule has 4 heteroatoms. The number of carbonyl (C=O) groups is 1. The van der Waals surface area contributed by atoms with Gasteiger partial charge in [0.25, 0.3) is 0 Å². The maximum Gasteiger partial charge on any atom is 0.220 e. The predicted octanol–water partition coefficient (Wildman–Crippen LogP) is 1.37. The molecule has 0 atom stereocenters. The van der Waals surface area contributed by atoms with Gasteiger partial charge in [0.1, 0.15) is 0 Å². The highest BCUT2D eigenvalue weighted by atomic mass is 16.1. The minimum absolute atomic E-state index is 0.0340. The molecule has 0 spiro atoms. The number of hydrogen-bond donors (Lipinski definition) is 1. The van der Waals surface area contributed by atoms with E-state index in [9.17, 15) is 4.79 Å². The van der Waals surface area contributed by atoms with Crippen LogP contribution in [0.25, 0.3) is 0 Å². The molecule has 1 N–H and O–H groups in total. The Balaban J connectivity index is 3.87. The second-order valence-electron chi connectivity index (χ2n) is 3.01. The standard InChI is InChI=1S/C9H17N3O/c1-5-9(13)10-6-8(4)12-11-7(2)3/h5-6H2,1-4H3,(H,10,13)/b12-8+. The lowest BCUT2D eigenvalue weighted by atomic mass is 10.4. The van der Waals surface area contributed by atoms with Crippen LogP contribution in [0, 0.1) is 0 Å². The zero-order chi connectivity index (χ0) is 10.3. The van der Waals surface area contributed by atoms with Crippen LogP contribution in [0.15, 0.2) is 10.2 Å². The zero-order valence-electron chi connectivity index (χ0n) is 8.72. The summed E-state index contributed by atoms with van der Waals surface area (Å²) < 4.78 is 0. The highest BCUT2D eigenvalue weighted by Gasteiger charge is 1.96. The lowest BCUT2D eigenvalue weighted by Gasteiger charge is -2.00. The minimum Gasteiger partial charge on any atom is -0.351 e. The van der Waals surface area contributed by atoms with Crippen LogP contribution < -0.4 is 5.32 Å². The van der Waals surface area contributed by atoms with Gasteiger partial charge in [-0.25, -0.2) is 0 Å². The molecule has 0 radical (unpaired) electrons. The van der Waals surface area contributed by atoms with Crippen molar-refractivity contribution in [2.24, 2.45) is 10.2 Å². The fourth-order valence-electron chi connectivity index (χ4n) is 0.572. The molecule has 0 unspecified atom stereocenters. The van der Waals surface area contributed by atoms with E-state index in [0.29, 0.717) is 13.0 Å². The predicted molar refractivity (Wildman–Crippen MR) is 55.2 cm³/mol. The van der Waals surface area contributed by atoms with Crippen LogP contribution in [0.4, 0.5) is 0 Å². The summed E-state index contributed by atoms with van der Waals surface area (Å²) in [6, 6.07) is 0. The topological polar surface area (TPSA) is 53.8 Å². The maximum atomic E-state index is 10.9. The van der Waals surface area contributed by atoms with Crippen molar-refractivity contribution in [3.05, 3.63) is 0 Å². The average Bonchev–Trinajstić information content (AvgIpc) is 2.10. The summed E-state index contributed by atoms with van der Waals surface area (Å²) in [7, 11) is 0. The molecule has 0 aliphatic carbocycles. The van der Waals surface area contributed by atoms with Gasteiger partial charge in [0, 0.05) is 12.1 Å². The van der Waals surface area contributed by atoms with Gasteiger partial charge in [0.15, 0.2) is 0 Å². The highest BCUT2D eigenvalue weighted by molar-refractivity contribution is 5.89. The number of amides is 1. The molecule has 0 aliphatic heterocycles. The van der Waals surface area contributed by atoms with E-state index in [-0.39, 0.29) is 5.91 Å². The van der Waals surface area contributed by atoms with Crippen molar-refractivity contribution in [1.29, 1.82) is 0 Å². The summed E-state index contributed by atoms with van der Waals surface area (Å²) in [6.45, 7) is 7.88. The fraction of sp³-hybridized carbons (Fsp3) is 0.667. The normalized spacial score (nSPS) is 10.9. The third kappa shape index (κ3) is 7.18. The third-order valence-corrected chi connectivity index (χ3v) is 1.28. The summed E-state index contributed by atoms with van der Waals surface area (Å²) in [4.78, 5) is 10.9. The molecular weight excluding hydrogens is 166 g/mol. The van der Waals surface area contributed by atoms with Gasteiger partial charge < -0.3 is 5.32 Å². The fourth-order valence-corrected chi connectivity index (χ4v) is 0.572. The third-order valence-electron chi connectivity index (χ3n) is 1.28. The zero-order valence-corrected chi connectivity index (χ0v) is 8.72. The van der Waals surface area contributed by atoms with Gasteiger partial charge in [-0.15, -0.1) is 0 Å². The van der Waals surface area contributed by atoms with E-state index in [2.05, 4.69) is 15.5 Å². The van der Waals surface area contributed by atoms with Gasteiger partial charge in [-0.1, -0.05) is 6.92 Å². The number of nitrogens with zero attached hydrogens (tertiary/aromatic N) is 2. The van der Waals surface area contributed by atoms with Crippen LogP contribution in [0.3, 0.4) is 0 Å². The van der Waals surface area contributed by atoms with Crippen LogP contribution >= 0.6 is 0 Å². The Kier molecular flexibility index (Phi) is 5.76. The first-order valence-electron chi connectivity index (χ1n) is 4.37. The van der Waals surface area contributed by atoms with E-state index >= 15 is 0 Å². The molecule has 0 aromatic heterocycles. The molecule has 0 aromatic rings. The molecule has 0 rings (SSSR count). The molecule has 0 aromatic carbocycles. The van der Waals surface area contributed by atoms with Crippen molar-refractivity contribution in [2.75, 3.05) is 6.54 Å². The van der Waals surface area contributed by atoms with Crippen LogP contribution in [-0.2, 0) is 4.79 Å². The largest absolute Gasteiger partial charge is 0.351 e. The number of rotatable bonds is 4.